The van der Waals surface area contributed by atoms with Crippen molar-refractivity contribution in [3.05, 3.63) is 59.9 Å². The van der Waals surface area contributed by atoms with Crippen molar-refractivity contribution >= 4 is 29.3 Å². The van der Waals surface area contributed by atoms with Crippen LogP contribution in [-0.4, -0.2) is 51.1 Å². The van der Waals surface area contributed by atoms with E-state index in [1.54, 1.807) is 36.4 Å². The molecule has 35 heavy (non-hydrogen) atoms. The summed E-state index contributed by atoms with van der Waals surface area (Å²) in [7, 11) is 0. The first-order valence-corrected chi connectivity index (χ1v) is 12.7. The van der Waals surface area contributed by atoms with E-state index in [-0.39, 0.29) is 35.5 Å². The zero-order valence-electron chi connectivity index (χ0n) is 19.1. The minimum absolute atomic E-state index is 0.0373. The van der Waals surface area contributed by atoms with Crippen molar-refractivity contribution in [2.45, 2.75) is 49.5 Å². The van der Waals surface area contributed by atoms with Crippen LogP contribution in [0, 0.1) is 5.82 Å². The molecule has 5 rings (SSSR count). The van der Waals surface area contributed by atoms with Crippen molar-refractivity contribution in [2.75, 3.05) is 17.7 Å². The number of anilines is 1. The lowest BCUT2D eigenvalue weighted by atomic mass is 10.1. The van der Waals surface area contributed by atoms with Crippen LogP contribution in [0.15, 0.2) is 53.7 Å². The minimum Gasteiger partial charge on any atom is -0.376 e. The summed E-state index contributed by atoms with van der Waals surface area (Å²) in [5.74, 6) is -0.0687. The Hall–Kier alpha value is -3.24. The van der Waals surface area contributed by atoms with Crippen molar-refractivity contribution in [2.24, 2.45) is 0 Å². The molecule has 0 spiro atoms. The molecule has 0 radical (unpaired) electrons. The van der Waals surface area contributed by atoms with Gasteiger partial charge in [-0.1, -0.05) is 23.9 Å². The second kappa shape index (κ2) is 10.6. The van der Waals surface area contributed by atoms with Crippen molar-refractivity contribution in [3.63, 3.8) is 0 Å². The van der Waals surface area contributed by atoms with Gasteiger partial charge in [-0.2, -0.15) is 0 Å². The van der Waals surface area contributed by atoms with E-state index < -0.39 is 0 Å². The maximum absolute atomic E-state index is 13.4. The summed E-state index contributed by atoms with van der Waals surface area (Å²) in [4.78, 5) is 25.3. The van der Waals surface area contributed by atoms with Crippen LogP contribution >= 0.6 is 11.8 Å². The summed E-state index contributed by atoms with van der Waals surface area (Å²) in [5, 5.41) is 15.0. The number of rotatable bonds is 9. The molecule has 10 heteroatoms. The van der Waals surface area contributed by atoms with E-state index in [2.05, 4.69) is 20.8 Å². The lowest BCUT2D eigenvalue weighted by Gasteiger charge is -2.15. The first kappa shape index (κ1) is 23.5. The highest BCUT2D eigenvalue weighted by atomic mass is 32.2. The summed E-state index contributed by atoms with van der Waals surface area (Å²) in [6, 6.07) is 13.3. The van der Waals surface area contributed by atoms with E-state index in [0.717, 1.165) is 37.9 Å². The number of ether oxygens (including phenoxy) is 1. The van der Waals surface area contributed by atoms with E-state index in [9.17, 15) is 14.0 Å². The van der Waals surface area contributed by atoms with Gasteiger partial charge in [-0.05, 0) is 62.1 Å². The molecular weight excluding hydrogens is 469 g/mol. The van der Waals surface area contributed by atoms with E-state index >= 15 is 0 Å². The molecule has 1 aliphatic carbocycles. The molecule has 0 bridgehead atoms. The largest absolute Gasteiger partial charge is 0.376 e. The highest BCUT2D eigenvalue weighted by Crippen LogP contribution is 2.27. The Morgan fingerprint density at radius 2 is 1.89 bits per heavy atom. The normalized spacial score (nSPS) is 17.3. The van der Waals surface area contributed by atoms with Crippen LogP contribution in [0.4, 0.5) is 10.1 Å². The predicted molar refractivity (Wildman–Crippen MR) is 131 cm³/mol. The first-order chi connectivity index (χ1) is 17.1. The van der Waals surface area contributed by atoms with Gasteiger partial charge in [0.15, 0.2) is 11.0 Å². The number of halogens is 1. The average Bonchev–Trinajstić information content (AvgIpc) is 3.35. The molecule has 2 heterocycles. The van der Waals surface area contributed by atoms with Gasteiger partial charge in [-0.15, -0.1) is 10.2 Å². The molecule has 0 unspecified atom stereocenters. The van der Waals surface area contributed by atoms with Gasteiger partial charge >= 0.3 is 0 Å². The molecule has 1 aromatic heterocycles. The quantitative estimate of drug-likeness (QED) is 0.437. The molecule has 2 fully saturated rings. The number of carbonyl (C=O) groups excluding carboxylic acids is 2. The Labute approximate surface area is 206 Å². The summed E-state index contributed by atoms with van der Waals surface area (Å²) in [6.45, 7) is 1.27. The summed E-state index contributed by atoms with van der Waals surface area (Å²) in [6.07, 6.45) is 3.95. The van der Waals surface area contributed by atoms with Gasteiger partial charge in [-0.3, -0.25) is 14.2 Å². The van der Waals surface area contributed by atoms with Crippen molar-refractivity contribution in [1.82, 2.24) is 20.1 Å². The average molecular weight is 496 g/mol. The SMILES string of the molecule is O=C(CSc1nnc(-c2ccc(F)cc2)n1C[C@H]1CCCO1)Nc1ccccc1C(=O)NC1CC1. The molecule has 8 nitrogen and oxygen atoms in total. The lowest BCUT2D eigenvalue weighted by molar-refractivity contribution is -0.113. The molecule has 1 atom stereocenters. The van der Waals surface area contributed by atoms with Crippen molar-refractivity contribution in [1.29, 1.82) is 0 Å². The molecule has 1 aliphatic heterocycles. The fourth-order valence-electron chi connectivity index (χ4n) is 3.96. The molecule has 2 aliphatic rings. The van der Waals surface area contributed by atoms with E-state index in [1.165, 1.54) is 23.9 Å². The lowest BCUT2D eigenvalue weighted by Crippen LogP contribution is -2.27. The standard InChI is InChI=1S/C25H26FN5O3S/c26-17-9-7-16(8-10-17)23-29-30-25(31(23)14-19-4-3-13-34-19)35-15-22(32)28-21-6-2-1-5-20(21)24(33)27-18-11-12-18/h1-2,5-10,18-19H,3-4,11-15H2,(H,27,33)(H,28,32)/t19-/m1/s1. The van der Waals surface area contributed by atoms with E-state index in [1.807, 2.05) is 4.57 Å². The molecule has 2 aromatic carbocycles. The van der Waals surface area contributed by atoms with Crippen LogP contribution in [-0.2, 0) is 16.1 Å². The summed E-state index contributed by atoms with van der Waals surface area (Å²) >= 11 is 1.26. The number of nitrogens with one attached hydrogen (secondary N) is 2. The van der Waals surface area contributed by atoms with E-state index in [0.29, 0.717) is 28.8 Å². The third kappa shape index (κ3) is 5.88. The molecule has 2 amide bonds. The van der Waals surface area contributed by atoms with E-state index in [4.69, 9.17) is 4.74 Å². The van der Waals surface area contributed by atoms with Gasteiger partial charge in [0.05, 0.1) is 29.7 Å². The van der Waals surface area contributed by atoms with Crippen molar-refractivity contribution < 1.29 is 18.7 Å². The fraction of sp³-hybridized carbons (Fsp3) is 0.360. The van der Waals surface area contributed by atoms with Gasteiger partial charge in [0.25, 0.3) is 5.91 Å². The smallest absolute Gasteiger partial charge is 0.253 e. The van der Waals surface area contributed by atoms with Crippen LogP contribution in [0.25, 0.3) is 11.4 Å². The zero-order valence-corrected chi connectivity index (χ0v) is 19.9. The zero-order chi connectivity index (χ0) is 24.2. The molecule has 3 aromatic rings. The topological polar surface area (TPSA) is 98.1 Å². The Bertz CT molecular complexity index is 1210. The first-order valence-electron chi connectivity index (χ1n) is 11.7. The number of thioether (sulfide) groups is 1. The monoisotopic (exact) mass is 495 g/mol. The number of para-hydroxylation sites is 1. The Balaban J connectivity index is 1.29. The van der Waals surface area contributed by atoms with Crippen LogP contribution < -0.4 is 10.6 Å². The van der Waals surface area contributed by atoms with Gasteiger partial charge in [0.2, 0.25) is 5.91 Å². The van der Waals surface area contributed by atoms with Gasteiger partial charge in [-0.25, -0.2) is 4.39 Å². The second-order valence-electron chi connectivity index (χ2n) is 8.69. The fourth-order valence-corrected chi connectivity index (χ4v) is 4.71. The Kier molecular flexibility index (Phi) is 7.10. The number of carbonyl (C=O) groups is 2. The number of hydrogen-bond donors (Lipinski definition) is 2. The van der Waals surface area contributed by atoms with Crippen molar-refractivity contribution in [3.8, 4) is 11.4 Å². The predicted octanol–water partition coefficient (Wildman–Crippen LogP) is 3.89. The number of aromatic nitrogens is 3. The Morgan fingerprint density at radius 1 is 1.09 bits per heavy atom. The maximum atomic E-state index is 13.4. The third-order valence-corrected chi connectivity index (χ3v) is 6.89. The molecule has 2 N–H and O–H groups in total. The van der Waals surface area contributed by atoms with Gasteiger partial charge < -0.3 is 15.4 Å². The minimum atomic E-state index is -0.323. The maximum Gasteiger partial charge on any atom is 0.253 e. The van der Waals surface area contributed by atoms with Crippen LogP contribution in [0.1, 0.15) is 36.0 Å². The van der Waals surface area contributed by atoms with Crippen LogP contribution in [0.2, 0.25) is 0 Å². The van der Waals surface area contributed by atoms with Crippen LogP contribution in [0.5, 0.6) is 0 Å². The summed E-state index contributed by atoms with van der Waals surface area (Å²) < 4.78 is 21.2. The number of hydrogen-bond acceptors (Lipinski definition) is 6. The highest BCUT2D eigenvalue weighted by molar-refractivity contribution is 7.99. The summed E-state index contributed by atoms with van der Waals surface area (Å²) in [5.41, 5.74) is 1.66. The highest BCUT2D eigenvalue weighted by Gasteiger charge is 2.25. The number of amides is 2. The van der Waals surface area contributed by atoms with Gasteiger partial charge in [0, 0.05) is 18.2 Å². The second-order valence-corrected chi connectivity index (χ2v) is 9.63. The molecule has 182 valence electrons. The molecular formula is C25H26FN5O3S. The van der Waals surface area contributed by atoms with Gasteiger partial charge in [0.1, 0.15) is 5.82 Å². The number of benzene rings is 2. The number of nitrogens with zero attached hydrogens (tertiary/aromatic N) is 3. The third-order valence-electron chi connectivity index (χ3n) is 5.92. The Morgan fingerprint density at radius 3 is 2.63 bits per heavy atom. The molecule has 1 saturated heterocycles. The molecule has 1 saturated carbocycles. The van der Waals surface area contributed by atoms with Crippen LogP contribution in [0.3, 0.4) is 0 Å².